The minimum atomic E-state index is -5.18. The molecular formula is C30H28F9N3O3. The summed E-state index contributed by atoms with van der Waals surface area (Å²) in [4.78, 5) is 20.4. The molecule has 1 aliphatic rings. The van der Waals surface area contributed by atoms with Crippen LogP contribution in [0.4, 0.5) is 51.0 Å². The number of benzene rings is 2. The van der Waals surface area contributed by atoms with Crippen molar-refractivity contribution in [1.82, 2.24) is 4.98 Å². The van der Waals surface area contributed by atoms with Gasteiger partial charge in [0.15, 0.2) is 0 Å². The molecule has 45 heavy (non-hydrogen) atoms. The molecule has 2 unspecified atom stereocenters. The van der Waals surface area contributed by atoms with Gasteiger partial charge in [-0.15, -0.1) is 0 Å². The number of likely N-dealkylation sites (N-methyl/N-ethyl adjacent to an activating group) is 1. The van der Waals surface area contributed by atoms with Crippen LogP contribution >= 0.6 is 0 Å². The number of halogens is 9. The Balaban J connectivity index is 1.88. The molecule has 2 atom stereocenters. The van der Waals surface area contributed by atoms with Crippen molar-refractivity contribution in [2.75, 3.05) is 30.0 Å². The third-order valence-corrected chi connectivity index (χ3v) is 7.89. The zero-order chi connectivity index (χ0) is 33.7. The first-order valence-corrected chi connectivity index (χ1v) is 13.5. The van der Waals surface area contributed by atoms with Crippen molar-refractivity contribution in [3.8, 4) is 11.1 Å². The van der Waals surface area contributed by atoms with Gasteiger partial charge in [-0.25, -0.2) is 4.98 Å². The van der Waals surface area contributed by atoms with Crippen molar-refractivity contribution in [1.29, 1.82) is 0 Å². The van der Waals surface area contributed by atoms with Crippen molar-refractivity contribution in [2.24, 2.45) is 0 Å². The molecule has 1 aliphatic heterocycles. The summed E-state index contributed by atoms with van der Waals surface area (Å²) in [5.74, 6) is -0.978. The van der Waals surface area contributed by atoms with Crippen LogP contribution in [0.25, 0.3) is 11.1 Å². The van der Waals surface area contributed by atoms with Gasteiger partial charge in [0.1, 0.15) is 5.82 Å². The summed E-state index contributed by atoms with van der Waals surface area (Å²) in [6.07, 6.45) is -14.9. The van der Waals surface area contributed by atoms with E-state index in [1.54, 1.807) is 0 Å². The summed E-state index contributed by atoms with van der Waals surface area (Å²) in [5.41, 5.74) is -7.82. The molecule has 0 saturated carbocycles. The molecule has 1 aromatic heterocycles. The van der Waals surface area contributed by atoms with Gasteiger partial charge >= 0.3 is 18.5 Å². The molecule has 0 aliphatic carbocycles. The highest BCUT2D eigenvalue weighted by Crippen LogP contribution is 2.44. The van der Waals surface area contributed by atoms with Gasteiger partial charge in [-0.2, -0.15) is 39.5 Å². The second-order valence-corrected chi connectivity index (χ2v) is 11.2. The molecule has 244 valence electrons. The fraction of sp³-hybridized carbons (Fsp3) is 0.400. The number of pyridine rings is 1. The molecule has 15 heteroatoms. The van der Waals surface area contributed by atoms with Crippen LogP contribution in [-0.2, 0) is 28.7 Å². The van der Waals surface area contributed by atoms with Crippen LogP contribution in [0.15, 0.2) is 54.7 Å². The van der Waals surface area contributed by atoms with E-state index in [1.165, 1.54) is 17.0 Å². The second kappa shape index (κ2) is 11.8. The normalized spacial score (nSPS) is 18.0. The van der Waals surface area contributed by atoms with Gasteiger partial charge in [0.2, 0.25) is 5.91 Å². The molecule has 0 bridgehead atoms. The van der Waals surface area contributed by atoms with Crippen molar-refractivity contribution < 1.29 is 54.5 Å². The molecule has 1 saturated heterocycles. The first-order chi connectivity index (χ1) is 20.7. The Hall–Kier alpha value is -3.85. The van der Waals surface area contributed by atoms with Crippen LogP contribution in [0.2, 0.25) is 0 Å². The van der Waals surface area contributed by atoms with E-state index in [4.69, 9.17) is 0 Å². The van der Waals surface area contributed by atoms with Crippen LogP contribution in [0, 0.1) is 0 Å². The first-order valence-electron chi connectivity index (χ1n) is 13.5. The van der Waals surface area contributed by atoms with Crippen molar-refractivity contribution in [3.05, 3.63) is 77.0 Å². The fourth-order valence-electron chi connectivity index (χ4n) is 5.35. The number of carbonyl (C=O) groups is 1. The summed E-state index contributed by atoms with van der Waals surface area (Å²) in [6, 6.07) is 5.60. The Bertz CT molecular complexity index is 1540. The predicted molar refractivity (Wildman–Crippen MR) is 146 cm³/mol. The van der Waals surface area contributed by atoms with Gasteiger partial charge in [-0.1, -0.05) is 18.2 Å². The topological polar surface area (TPSA) is 76.9 Å². The lowest BCUT2D eigenvalue weighted by Gasteiger charge is -2.33. The zero-order valence-corrected chi connectivity index (χ0v) is 24.0. The molecular weight excluding hydrogens is 621 g/mol. The minimum Gasteiger partial charge on any atom is -0.394 e. The van der Waals surface area contributed by atoms with E-state index >= 15 is 0 Å². The van der Waals surface area contributed by atoms with Crippen LogP contribution in [-0.4, -0.2) is 53.4 Å². The van der Waals surface area contributed by atoms with E-state index in [0.717, 1.165) is 50.2 Å². The number of hydrogen-bond donors (Lipinski definition) is 2. The molecule has 2 heterocycles. The van der Waals surface area contributed by atoms with E-state index in [2.05, 4.69) is 4.98 Å². The summed E-state index contributed by atoms with van der Waals surface area (Å²) in [5, 5.41) is 20.0. The monoisotopic (exact) mass is 649 g/mol. The standard InChI is InChI=1S/C30H28F9N3O3/c1-27(2,16-10-17(28(31,32)33)12-18(11-16)29(34,35)36)26(45)41(3)22-14-40-25(42-9-8-24(44)23(42)15-43)13-20(22)19-6-4-5-7-21(19)30(37,38)39/h4-7,10-14,23-24,43-44H,8-9,15H2,1-3H3. The SMILES string of the molecule is CN(C(=O)C(C)(C)c1cc(C(F)(F)F)cc(C(F)(F)F)c1)c1cnc(N2CCC(O)C2CO)cc1-c1ccccc1C(F)(F)F. The Morgan fingerprint density at radius 3 is 1.98 bits per heavy atom. The highest BCUT2D eigenvalue weighted by Gasteiger charge is 2.42. The number of aromatic nitrogens is 1. The van der Waals surface area contributed by atoms with Crippen molar-refractivity contribution in [2.45, 2.75) is 56.4 Å². The smallest absolute Gasteiger partial charge is 0.394 e. The quantitative estimate of drug-likeness (QED) is 0.292. The Kier molecular flexibility index (Phi) is 8.94. The van der Waals surface area contributed by atoms with Crippen LogP contribution in [0.3, 0.4) is 0 Å². The summed E-state index contributed by atoms with van der Waals surface area (Å²) in [6.45, 7) is 1.90. The molecule has 6 nitrogen and oxygen atoms in total. The zero-order valence-electron chi connectivity index (χ0n) is 24.0. The lowest BCUT2D eigenvalue weighted by molar-refractivity contribution is -0.143. The number of hydrogen-bond acceptors (Lipinski definition) is 5. The number of aliphatic hydroxyl groups excluding tert-OH is 2. The predicted octanol–water partition coefficient (Wildman–Crippen LogP) is 6.68. The van der Waals surface area contributed by atoms with Crippen LogP contribution in [0.1, 0.15) is 42.5 Å². The number of anilines is 2. The summed E-state index contributed by atoms with van der Waals surface area (Å²) < 4.78 is 124. The third-order valence-electron chi connectivity index (χ3n) is 7.89. The number of alkyl halides is 9. The molecule has 1 fully saturated rings. The summed E-state index contributed by atoms with van der Waals surface area (Å²) >= 11 is 0. The minimum absolute atomic E-state index is 0.0640. The van der Waals surface area contributed by atoms with Gasteiger partial charge in [0.05, 0.1) is 52.7 Å². The molecule has 4 rings (SSSR count). The van der Waals surface area contributed by atoms with E-state index in [9.17, 15) is 54.5 Å². The number of aliphatic hydroxyl groups is 2. The number of nitrogens with zero attached hydrogens (tertiary/aromatic N) is 3. The lowest BCUT2D eigenvalue weighted by atomic mass is 9.81. The maximum atomic E-state index is 14.1. The van der Waals surface area contributed by atoms with E-state index in [-0.39, 0.29) is 41.7 Å². The van der Waals surface area contributed by atoms with Gasteiger partial charge in [-0.3, -0.25) is 4.79 Å². The molecule has 0 radical (unpaired) electrons. The Morgan fingerprint density at radius 2 is 1.44 bits per heavy atom. The van der Waals surface area contributed by atoms with Crippen molar-refractivity contribution in [3.63, 3.8) is 0 Å². The molecule has 0 spiro atoms. The number of amides is 1. The van der Waals surface area contributed by atoms with E-state index in [0.29, 0.717) is 12.1 Å². The Labute approximate surface area is 251 Å². The average molecular weight is 650 g/mol. The van der Waals surface area contributed by atoms with Crippen LogP contribution < -0.4 is 9.80 Å². The molecule has 1 amide bonds. The molecule has 2 aromatic carbocycles. The maximum Gasteiger partial charge on any atom is 0.417 e. The van der Waals surface area contributed by atoms with Crippen molar-refractivity contribution >= 4 is 17.4 Å². The van der Waals surface area contributed by atoms with Gasteiger partial charge < -0.3 is 20.0 Å². The third kappa shape index (κ3) is 6.73. The first kappa shape index (κ1) is 34.0. The average Bonchev–Trinajstić information content (AvgIpc) is 3.34. The van der Waals surface area contributed by atoms with Gasteiger partial charge in [0, 0.05) is 19.2 Å². The Morgan fingerprint density at radius 1 is 0.889 bits per heavy atom. The summed E-state index contributed by atoms with van der Waals surface area (Å²) in [7, 11) is 1.12. The number of rotatable bonds is 6. The maximum absolute atomic E-state index is 14.1. The second-order valence-electron chi connectivity index (χ2n) is 11.2. The van der Waals surface area contributed by atoms with E-state index < -0.39 is 70.9 Å². The molecule has 3 aromatic rings. The molecule has 2 N–H and O–H groups in total. The largest absolute Gasteiger partial charge is 0.417 e. The lowest BCUT2D eigenvalue weighted by Crippen LogP contribution is -2.42. The number of carbonyl (C=O) groups excluding carboxylic acids is 1. The van der Waals surface area contributed by atoms with E-state index in [1.807, 2.05) is 0 Å². The highest BCUT2D eigenvalue weighted by atomic mass is 19.4. The van der Waals surface area contributed by atoms with Gasteiger partial charge in [0.25, 0.3) is 0 Å². The highest BCUT2D eigenvalue weighted by molar-refractivity contribution is 6.03. The van der Waals surface area contributed by atoms with Gasteiger partial charge in [-0.05, 0) is 61.7 Å². The van der Waals surface area contributed by atoms with Crippen LogP contribution in [0.5, 0.6) is 0 Å². The fourth-order valence-corrected chi connectivity index (χ4v) is 5.35.